The average molecular weight is 265 g/mol. The number of amides is 1. The summed E-state index contributed by atoms with van der Waals surface area (Å²) in [7, 11) is 0. The molecule has 0 rings (SSSR count). The summed E-state index contributed by atoms with van der Waals surface area (Å²) >= 11 is 5.55. The Morgan fingerprint density at radius 1 is 1.44 bits per heavy atom. The third kappa shape index (κ3) is 6.27. The second-order valence-electron chi connectivity index (χ2n) is 4.00. The molecule has 1 unspecified atom stereocenters. The van der Waals surface area contributed by atoms with E-state index in [2.05, 4.69) is 17.9 Å². The number of nitrogens with one attached hydrogen (secondary N) is 1. The van der Waals surface area contributed by atoms with Crippen molar-refractivity contribution >= 4 is 36.3 Å². The van der Waals surface area contributed by atoms with E-state index < -0.39 is 17.3 Å². The van der Waals surface area contributed by atoms with Gasteiger partial charge in [0.1, 0.15) is 6.04 Å². The number of carbonyl (C=O) groups is 2. The molecule has 0 heterocycles. The molecule has 1 amide bonds. The van der Waals surface area contributed by atoms with Crippen LogP contribution in [0.3, 0.4) is 0 Å². The fourth-order valence-electron chi connectivity index (χ4n) is 1.16. The van der Waals surface area contributed by atoms with Gasteiger partial charge in [-0.05, 0) is 18.6 Å². The van der Waals surface area contributed by atoms with Gasteiger partial charge >= 0.3 is 5.97 Å². The molecule has 2 atom stereocenters. The number of rotatable bonds is 7. The maximum atomic E-state index is 11.6. The smallest absolute Gasteiger partial charge is 0.327 e. The van der Waals surface area contributed by atoms with Gasteiger partial charge in [-0.3, -0.25) is 4.79 Å². The van der Waals surface area contributed by atoms with Crippen LogP contribution in [-0.4, -0.2) is 40.3 Å². The molecule has 0 aliphatic heterocycles. The molecule has 0 aliphatic rings. The first-order valence-corrected chi connectivity index (χ1v) is 6.99. The molecule has 2 N–H and O–H groups in total. The fraction of sp³-hybridized carbons (Fsp3) is 0.800. The van der Waals surface area contributed by atoms with Crippen molar-refractivity contribution < 1.29 is 14.7 Å². The van der Waals surface area contributed by atoms with Crippen LogP contribution in [-0.2, 0) is 9.59 Å². The van der Waals surface area contributed by atoms with Gasteiger partial charge in [-0.1, -0.05) is 13.8 Å². The number of aliphatic carboxylic acids is 1. The lowest BCUT2D eigenvalue weighted by atomic mass is 10.1. The van der Waals surface area contributed by atoms with Crippen LogP contribution in [0.25, 0.3) is 0 Å². The molecule has 94 valence electrons. The van der Waals surface area contributed by atoms with Gasteiger partial charge in [0.2, 0.25) is 5.91 Å². The van der Waals surface area contributed by atoms with Gasteiger partial charge in [0, 0.05) is 5.75 Å². The summed E-state index contributed by atoms with van der Waals surface area (Å²) in [6, 6.07) is -0.829. The predicted octanol–water partition coefficient (Wildman–Crippen LogP) is 1.26. The SMILES string of the molecule is CSC[C@H](NC(=O)C(S)CC(C)C)C(=O)O. The standard InChI is InChI=1S/C10H19NO3S2/c1-6(2)4-8(15)9(12)11-7(5-16-3)10(13)14/h6-8,15H,4-5H2,1-3H3,(H,11,12)(H,13,14)/t7-,8?/m0/s1. The van der Waals surface area contributed by atoms with E-state index in [9.17, 15) is 9.59 Å². The second-order valence-corrected chi connectivity index (χ2v) is 5.53. The molecule has 16 heavy (non-hydrogen) atoms. The van der Waals surface area contributed by atoms with Crippen molar-refractivity contribution in [1.82, 2.24) is 5.32 Å². The van der Waals surface area contributed by atoms with Gasteiger partial charge in [-0.2, -0.15) is 24.4 Å². The van der Waals surface area contributed by atoms with Crippen LogP contribution < -0.4 is 5.32 Å². The Morgan fingerprint density at radius 2 is 2.00 bits per heavy atom. The van der Waals surface area contributed by atoms with Crippen molar-refractivity contribution in [2.75, 3.05) is 12.0 Å². The van der Waals surface area contributed by atoms with Crippen molar-refractivity contribution in [2.45, 2.75) is 31.6 Å². The van der Waals surface area contributed by atoms with Crippen LogP contribution in [0.15, 0.2) is 0 Å². The van der Waals surface area contributed by atoms with Gasteiger partial charge in [0.25, 0.3) is 0 Å². The van der Waals surface area contributed by atoms with Crippen LogP contribution in [0.4, 0.5) is 0 Å². The van der Waals surface area contributed by atoms with E-state index in [4.69, 9.17) is 5.11 Å². The molecule has 0 radical (unpaired) electrons. The molecule has 0 bridgehead atoms. The first-order valence-electron chi connectivity index (χ1n) is 5.08. The highest BCUT2D eigenvalue weighted by atomic mass is 32.2. The molecular weight excluding hydrogens is 246 g/mol. The zero-order valence-corrected chi connectivity index (χ0v) is 11.5. The molecule has 0 aromatic carbocycles. The van der Waals surface area contributed by atoms with Gasteiger partial charge in [0.15, 0.2) is 0 Å². The van der Waals surface area contributed by atoms with Crippen LogP contribution >= 0.6 is 24.4 Å². The van der Waals surface area contributed by atoms with Crippen LogP contribution in [0.2, 0.25) is 0 Å². The lowest BCUT2D eigenvalue weighted by Gasteiger charge is -2.17. The zero-order chi connectivity index (χ0) is 12.7. The summed E-state index contributed by atoms with van der Waals surface area (Å²) in [4.78, 5) is 22.4. The number of carboxylic acids is 1. The Bertz CT molecular complexity index is 246. The van der Waals surface area contributed by atoms with E-state index in [1.54, 1.807) is 6.26 Å². The lowest BCUT2D eigenvalue weighted by molar-refractivity contribution is -0.141. The van der Waals surface area contributed by atoms with Crippen LogP contribution in [0, 0.1) is 5.92 Å². The van der Waals surface area contributed by atoms with E-state index in [0.717, 1.165) is 0 Å². The fourth-order valence-corrected chi connectivity index (χ4v) is 2.22. The molecule has 0 aromatic heterocycles. The largest absolute Gasteiger partial charge is 0.480 e. The third-order valence-electron chi connectivity index (χ3n) is 1.95. The topological polar surface area (TPSA) is 66.4 Å². The Kier molecular flexibility index (Phi) is 7.66. The second kappa shape index (κ2) is 7.84. The quantitative estimate of drug-likeness (QED) is 0.606. The molecular formula is C10H19NO3S2. The molecule has 6 heteroatoms. The van der Waals surface area contributed by atoms with Crippen molar-refractivity contribution in [1.29, 1.82) is 0 Å². The summed E-state index contributed by atoms with van der Waals surface area (Å²) in [5.74, 6) is -0.591. The van der Waals surface area contributed by atoms with Gasteiger partial charge in [-0.15, -0.1) is 0 Å². The summed E-state index contributed by atoms with van der Waals surface area (Å²) < 4.78 is 0. The third-order valence-corrected chi connectivity index (χ3v) is 3.06. The van der Waals surface area contributed by atoms with Crippen molar-refractivity contribution in [2.24, 2.45) is 5.92 Å². The maximum absolute atomic E-state index is 11.6. The molecule has 0 spiro atoms. The summed E-state index contributed by atoms with van der Waals surface area (Å²) in [6.07, 6.45) is 2.44. The van der Waals surface area contributed by atoms with E-state index in [-0.39, 0.29) is 5.91 Å². The number of carbonyl (C=O) groups excluding carboxylic acids is 1. The predicted molar refractivity (Wildman–Crippen MR) is 70.2 cm³/mol. The highest BCUT2D eigenvalue weighted by molar-refractivity contribution is 7.98. The Balaban J connectivity index is 4.23. The van der Waals surface area contributed by atoms with Gasteiger partial charge in [0.05, 0.1) is 5.25 Å². The van der Waals surface area contributed by atoms with E-state index in [0.29, 0.717) is 18.1 Å². The number of carboxylic acid groups (broad SMARTS) is 1. The Morgan fingerprint density at radius 3 is 2.38 bits per heavy atom. The Labute approximate surface area is 106 Å². The average Bonchev–Trinajstić information content (AvgIpc) is 2.15. The minimum Gasteiger partial charge on any atom is -0.480 e. The minimum atomic E-state index is -1.01. The van der Waals surface area contributed by atoms with E-state index >= 15 is 0 Å². The molecule has 0 aliphatic carbocycles. The number of hydrogen-bond acceptors (Lipinski definition) is 4. The number of hydrogen-bond donors (Lipinski definition) is 3. The maximum Gasteiger partial charge on any atom is 0.327 e. The first kappa shape index (κ1) is 15.6. The summed E-state index contributed by atoms with van der Waals surface area (Å²) in [6.45, 7) is 3.99. The number of thioether (sulfide) groups is 1. The van der Waals surface area contributed by atoms with Gasteiger partial charge < -0.3 is 10.4 Å². The first-order chi connectivity index (χ1) is 7.38. The monoisotopic (exact) mass is 265 g/mol. The molecule has 0 aromatic rings. The van der Waals surface area contributed by atoms with Crippen molar-refractivity contribution in [3.8, 4) is 0 Å². The summed E-state index contributed by atoms with van der Waals surface area (Å²) in [5, 5.41) is 10.9. The van der Waals surface area contributed by atoms with Crippen molar-refractivity contribution in [3.05, 3.63) is 0 Å². The van der Waals surface area contributed by atoms with Crippen LogP contribution in [0.5, 0.6) is 0 Å². The molecule has 0 saturated heterocycles. The van der Waals surface area contributed by atoms with E-state index in [1.807, 2.05) is 13.8 Å². The number of thiol groups is 1. The van der Waals surface area contributed by atoms with Crippen LogP contribution in [0.1, 0.15) is 20.3 Å². The van der Waals surface area contributed by atoms with Crippen molar-refractivity contribution in [3.63, 3.8) is 0 Å². The molecule has 4 nitrogen and oxygen atoms in total. The van der Waals surface area contributed by atoms with Gasteiger partial charge in [-0.25, -0.2) is 4.79 Å². The normalized spacial score (nSPS) is 14.6. The zero-order valence-electron chi connectivity index (χ0n) is 9.77. The molecule has 0 fully saturated rings. The highest BCUT2D eigenvalue weighted by Crippen LogP contribution is 2.10. The highest BCUT2D eigenvalue weighted by Gasteiger charge is 2.23. The van der Waals surface area contributed by atoms with E-state index in [1.165, 1.54) is 11.8 Å². The minimum absolute atomic E-state index is 0.307. The summed E-state index contributed by atoms with van der Waals surface area (Å²) in [5.41, 5.74) is 0. The lowest BCUT2D eigenvalue weighted by Crippen LogP contribution is -2.45. The Hall–Kier alpha value is -0.360. The molecule has 0 saturated carbocycles.